The molecule has 0 bridgehead atoms. The summed E-state index contributed by atoms with van der Waals surface area (Å²) in [6.45, 7) is 3.65. The Labute approximate surface area is 105 Å². The highest BCUT2D eigenvalue weighted by Crippen LogP contribution is 2.37. The zero-order valence-corrected chi connectivity index (χ0v) is 10.8. The number of rotatable bonds is 1. The second-order valence-corrected chi connectivity index (χ2v) is 4.98. The maximum absolute atomic E-state index is 13.0. The average molecular weight is 307 g/mol. The van der Waals surface area contributed by atoms with E-state index in [1.165, 1.54) is 10.9 Å². The van der Waals surface area contributed by atoms with Crippen molar-refractivity contribution in [1.29, 1.82) is 0 Å². The Hall–Kier alpha value is -1.04. The Kier molecular flexibility index (Phi) is 2.93. The molecule has 0 aliphatic carbocycles. The lowest BCUT2D eigenvalue weighted by Gasteiger charge is -2.14. The minimum Gasteiger partial charge on any atom is -0.328 e. The van der Waals surface area contributed by atoms with Crippen molar-refractivity contribution in [2.75, 3.05) is 0 Å². The van der Waals surface area contributed by atoms with Crippen LogP contribution < -0.4 is 0 Å². The quantitative estimate of drug-likeness (QED) is 0.763. The molecule has 0 aliphatic rings. The SMILES string of the molecule is CC(C)n1cnc2cc(Br)cc(C(F)(F)F)c21. The fourth-order valence-electron chi connectivity index (χ4n) is 1.74. The highest BCUT2D eigenvalue weighted by Gasteiger charge is 2.34. The molecule has 1 heterocycles. The lowest BCUT2D eigenvalue weighted by atomic mass is 10.1. The Morgan fingerprint density at radius 1 is 1.29 bits per heavy atom. The van der Waals surface area contributed by atoms with Crippen LogP contribution in [0.1, 0.15) is 25.5 Å². The van der Waals surface area contributed by atoms with E-state index >= 15 is 0 Å². The smallest absolute Gasteiger partial charge is 0.328 e. The first-order valence-corrected chi connectivity index (χ1v) is 5.83. The van der Waals surface area contributed by atoms with Gasteiger partial charge in [0.2, 0.25) is 0 Å². The van der Waals surface area contributed by atoms with E-state index in [2.05, 4.69) is 20.9 Å². The molecule has 2 nitrogen and oxygen atoms in total. The van der Waals surface area contributed by atoms with E-state index in [9.17, 15) is 13.2 Å². The molecule has 0 atom stereocenters. The number of hydrogen-bond acceptors (Lipinski definition) is 1. The third-order valence-electron chi connectivity index (χ3n) is 2.50. The summed E-state index contributed by atoms with van der Waals surface area (Å²) in [5.74, 6) is 0. The first kappa shape index (κ1) is 12.4. The highest BCUT2D eigenvalue weighted by atomic mass is 79.9. The number of benzene rings is 1. The minimum absolute atomic E-state index is 0.0673. The van der Waals surface area contributed by atoms with Crippen molar-refractivity contribution < 1.29 is 13.2 Å². The molecule has 1 aromatic carbocycles. The first-order chi connectivity index (χ1) is 7.80. The molecule has 0 fully saturated rings. The van der Waals surface area contributed by atoms with E-state index in [4.69, 9.17) is 0 Å². The van der Waals surface area contributed by atoms with Crippen molar-refractivity contribution >= 4 is 27.0 Å². The number of fused-ring (bicyclic) bond motifs is 1. The molecule has 17 heavy (non-hydrogen) atoms. The lowest BCUT2D eigenvalue weighted by molar-refractivity contribution is -0.136. The van der Waals surface area contributed by atoms with Crippen LogP contribution in [-0.2, 0) is 6.18 Å². The zero-order chi connectivity index (χ0) is 12.8. The molecule has 0 aliphatic heterocycles. The van der Waals surface area contributed by atoms with Gasteiger partial charge in [-0.1, -0.05) is 15.9 Å². The second-order valence-electron chi connectivity index (χ2n) is 4.06. The van der Waals surface area contributed by atoms with Crippen molar-refractivity contribution in [3.8, 4) is 0 Å². The predicted octanol–water partition coefficient (Wildman–Crippen LogP) is 4.40. The molecule has 0 unspecified atom stereocenters. The van der Waals surface area contributed by atoms with Crippen molar-refractivity contribution in [2.24, 2.45) is 0 Å². The summed E-state index contributed by atoms with van der Waals surface area (Å²) in [5.41, 5.74) is -0.177. The number of hydrogen-bond donors (Lipinski definition) is 0. The standard InChI is InChI=1S/C11H10BrF3N2/c1-6(2)17-5-16-9-4-7(12)3-8(10(9)17)11(13,14)15/h3-6H,1-2H3. The number of alkyl halides is 3. The molecular formula is C11H10BrF3N2. The van der Waals surface area contributed by atoms with Gasteiger partial charge >= 0.3 is 6.18 Å². The van der Waals surface area contributed by atoms with Crippen LogP contribution in [0.2, 0.25) is 0 Å². The van der Waals surface area contributed by atoms with Gasteiger partial charge in [-0.05, 0) is 26.0 Å². The normalized spacial score (nSPS) is 12.6. The van der Waals surface area contributed by atoms with Crippen LogP contribution in [0.3, 0.4) is 0 Å². The topological polar surface area (TPSA) is 17.8 Å². The number of imidazole rings is 1. The maximum Gasteiger partial charge on any atom is 0.418 e. The third-order valence-corrected chi connectivity index (χ3v) is 2.95. The Morgan fingerprint density at radius 2 is 1.94 bits per heavy atom. The summed E-state index contributed by atoms with van der Waals surface area (Å²) in [5, 5.41) is 0. The van der Waals surface area contributed by atoms with Gasteiger partial charge in [0.1, 0.15) is 0 Å². The van der Waals surface area contributed by atoms with Gasteiger partial charge in [0.05, 0.1) is 22.9 Å². The van der Waals surface area contributed by atoms with Crippen molar-refractivity contribution in [2.45, 2.75) is 26.1 Å². The molecule has 2 aromatic rings. The Morgan fingerprint density at radius 3 is 2.47 bits per heavy atom. The summed E-state index contributed by atoms with van der Waals surface area (Å²) in [4.78, 5) is 4.01. The summed E-state index contributed by atoms with van der Waals surface area (Å²) >= 11 is 3.07. The first-order valence-electron chi connectivity index (χ1n) is 5.04. The highest BCUT2D eigenvalue weighted by molar-refractivity contribution is 9.10. The van der Waals surface area contributed by atoms with Crippen LogP contribution in [0.15, 0.2) is 22.9 Å². The molecule has 6 heteroatoms. The molecule has 1 aromatic heterocycles. The molecule has 0 N–H and O–H groups in total. The van der Waals surface area contributed by atoms with E-state index in [0.717, 1.165) is 6.07 Å². The number of nitrogens with zero attached hydrogens (tertiary/aromatic N) is 2. The van der Waals surface area contributed by atoms with E-state index in [-0.39, 0.29) is 11.6 Å². The van der Waals surface area contributed by atoms with Crippen molar-refractivity contribution in [1.82, 2.24) is 9.55 Å². The van der Waals surface area contributed by atoms with Gasteiger partial charge in [-0.3, -0.25) is 0 Å². The van der Waals surface area contributed by atoms with Crippen LogP contribution in [0, 0.1) is 0 Å². The molecule has 0 spiro atoms. The monoisotopic (exact) mass is 306 g/mol. The van der Waals surface area contributed by atoms with Gasteiger partial charge in [0.25, 0.3) is 0 Å². The van der Waals surface area contributed by atoms with Crippen LogP contribution in [0.25, 0.3) is 11.0 Å². The van der Waals surface area contributed by atoms with Crippen LogP contribution in [-0.4, -0.2) is 9.55 Å². The molecule has 0 amide bonds. The molecule has 0 saturated heterocycles. The van der Waals surface area contributed by atoms with Crippen LogP contribution in [0.4, 0.5) is 13.2 Å². The average Bonchev–Trinajstić information content (AvgIpc) is 2.57. The van der Waals surface area contributed by atoms with Gasteiger partial charge in [-0.2, -0.15) is 13.2 Å². The van der Waals surface area contributed by atoms with Crippen LogP contribution in [0.5, 0.6) is 0 Å². The number of aromatic nitrogens is 2. The zero-order valence-electron chi connectivity index (χ0n) is 9.22. The van der Waals surface area contributed by atoms with E-state index in [1.54, 1.807) is 6.07 Å². The van der Waals surface area contributed by atoms with Gasteiger partial charge < -0.3 is 4.57 Å². The van der Waals surface area contributed by atoms with E-state index in [0.29, 0.717) is 9.99 Å². The lowest BCUT2D eigenvalue weighted by Crippen LogP contribution is -2.09. The summed E-state index contributed by atoms with van der Waals surface area (Å²) < 4.78 is 40.8. The van der Waals surface area contributed by atoms with Gasteiger partial charge in [-0.25, -0.2) is 4.98 Å². The second kappa shape index (κ2) is 4.01. The number of halogens is 4. The Balaban J connectivity index is 2.84. The maximum atomic E-state index is 13.0. The van der Waals surface area contributed by atoms with Crippen LogP contribution >= 0.6 is 15.9 Å². The summed E-state index contributed by atoms with van der Waals surface area (Å²) in [7, 11) is 0. The molecule has 0 saturated carbocycles. The largest absolute Gasteiger partial charge is 0.418 e. The third kappa shape index (κ3) is 2.18. The van der Waals surface area contributed by atoms with Gasteiger partial charge in [0.15, 0.2) is 0 Å². The fraction of sp³-hybridized carbons (Fsp3) is 0.364. The van der Waals surface area contributed by atoms with Gasteiger partial charge in [0, 0.05) is 10.5 Å². The molecule has 2 rings (SSSR count). The van der Waals surface area contributed by atoms with Gasteiger partial charge in [-0.15, -0.1) is 0 Å². The molecule has 0 radical (unpaired) electrons. The molecule has 92 valence electrons. The predicted molar refractivity (Wildman–Crippen MR) is 62.8 cm³/mol. The van der Waals surface area contributed by atoms with Crippen molar-refractivity contribution in [3.63, 3.8) is 0 Å². The minimum atomic E-state index is -4.38. The van der Waals surface area contributed by atoms with E-state index < -0.39 is 11.7 Å². The van der Waals surface area contributed by atoms with E-state index in [1.807, 2.05) is 13.8 Å². The van der Waals surface area contributed by atoms with Crippen molar-refractivity contribution in [3.05, 3.63) is 28.5 Å². The fourth-order valence-corrected chi connectivity index (χ4v) is 2.19. The molecular weight excluding hydrogens is 297 g/mol. The summed E-state index contributed by atoms with van der Waals surface area (Å²) in [6, 6.07) is 2.61. The Bertz CT molecular complexity index is 558. The summed E-state index contributed by atoms with van der Waals surface area (Å²) in [6.07, 6.45) is -2.94.